The predicted octanol–water partition coefficient (Wildman–Crippen LogP) is 2.11. The fourth-order valence-corrected chi connectivity index (χ4v) is 1.99. The SMILES string of the molecule is CCN(C)c1nc(C)c(C(C)=O)s1. The third-order valence-electron chi connectivity index (χ3n) is 1.91. The molecule has 0 aliphatic heterocycles. The van der Waals surface area contributed by atoms with Crippen molar-refractivity contribution in [3.63, 3.8) is 0 Å². The van der Waals surface area contributed by atoms with E-state index in [1.807, 2.05) is 18.9 Å². The largest absolute Gasteiger partial charge is 0.351 e. The smallest absolute Gasteiger partial charge is 0.185 e. The zero-order chi connectivity index (χ0) is 10.0. The highest BCUT2D eigenvalue weighted by Gasteiger charge is 2.12. The van der Waals surface area contributed by atoms with Gasteiger partial charge in [-0.1, -0.05) is 11.3 Å². The van der Waals surface area contributed by atoms with Gasteiger partial charge < -0.3 is 4.90 Å². The molecule has 1 heterocycles. The van der Waals surface area contributed by atoms with Crippen LogP contribution in [0.4, 0.5) is 5.13 Å². The first-order valence-electron chi connectivity index (χ1n) is 4.25. The van der Waals surface area contributed by atoms with Crippen LogP contribution in [0.1, 0.15) is 29.2 Å². The van der Waals surface area contributed by atoms with Crippen molar-refractivity contribution >= 4 is 22.3 Å². The number of aryl methyl sites for hydroxylation is 1. The van der Waals surface area contributed by atoms with Crippen LogP contribution < -0.4 is 4.90 Å². The lowest BCUT2D eigenvalue weighted by molar-refractivity contribution is 0.102. The van der Waals surface area contributed by atoms with Gasteiger partial charge in [-0.15, -0.1) is 0 Å². The second kappa shape index (κ2) is 3.87. The Kier molecular flexibility index (Phi) is 3.03. The molecule has 0 spiro atoms. The Balaban J connectivity index is 3.01. The third-order valence-corrected chi connectivity index (χ3v) is 3.28. The summed E-state index contributed by atoms with van der Waals surface area (Å²) >= 11 is 1.47. The van der Waals surface area contributed by atoms with Crippen LogP contribution >= 0.6 is 11.3 Å². The van der Waals surface area contributed by atoms with Gasteiger partial charge in [0.15, 0.2) is 10.9 Å². The highest BCUT2D eigenvalue weighted by molar-refractivity contribution is 7.17. The molecule has 1 rings (SSSR count). The number of hydrogen-bond donors (Lipinski definition) is 0. The van der Waals surface area contributed by atoms with E-state index < -0.39 is 0 Å². The topological polar surface area (TPSA) is 33.2 Å². The zero-order valence-electron chi connectivity index (χ0n) is 8.42. The molecule has 0 saturated heterocycles. The van der Waals surface area contributed by atoms with E-state index in [9.17, 15) is 4.79 Å². The van der Waals surface area contributed by atoms with Crippen LogP contribution in [0.5, 0.6) is 0 Å². The molecule has 0 unspecified atom stereocenters. The van der Waals surface area contributed by atoms with Gasteiger partial charge in [0.05, 0.1) is 10.6 Å². The van der Waals surface area contributed by atoms with Crippen LogP contribution in [0.25, 0.3) is 0 Å². The number of nitrogens with zero attached hydrogens (tertiary/aromatic N) is 2. The molecule has 0 aliphatic rings. The van der Waals surface area contributed by atoms with E-state index in [1.54, 1.807) is 6.92 Å². The van der Waals surface area contributed by atoms with Crippen molar-refractivity contribution in [1.82, 2.24) is 4.98 Å². The fraction of sp³-hybridized carbons (Fsp3) is 0.556. The summed E-state index contributed by atoms with van der Waals surface area (Å²) in [6.45, 7) is 6.42. The Bertz CT molecular complexity index is 319. The molecule has 0 aliphatic carbocycles. The number of hydrogen-bond acceptors (Lipinski definition) is 4. The Morgan fingerprint density at radius 2 is 2.23 bits per heavy atom. The minimum absolute atomic E-state index is 0.103. The minimum Gasteiger partial charge on any atom is -0.351 e. The molecule has 0 N–H and O–H groups in total. The van der Waals surface area contributed by atoms with Crippen LogP contribution in [-0.2, 0) is 0 Å². The molecule has 72 valence electrons. The molecular weight excluding hydrogens is 184 g/mol. The second-order valence-electron chi connectivity index (χ2n) is 2.98. The Hall–Kier alpha value is -0.900. The van der Waals surface area contributed by atoms with E-state index in [0.29, 0.717) is 0 Å². The summed E-state index contributed by atoms with van der Waals surface area (Å²) in [5, 5.41) is 0.921. The second-order valence-corrected chi connectivity index (χ2v) is 3.96. The van der Waals surface area contributed by atoms with Crippen LogP contribution in [0.3, 0.4) is 0 Å². The lowest BCUT2D eigenvalue weighted by Crippen LogP contribution is -2.15. The number of Topliss-reactive ketones (excluding diaryl/α,β-unsaturated/α-hetero) is 1. The van der Waals surface area contributed by atoms with E-state index >= 15 is 0 Å². The fourth-order valence-electron chi connectivity index (χ4n) is 1.01. The molecular formula is C9H14N2OS. The van der Waals surface area contributed by atoms with E-state index in [0.717, 1.165) is 22.2 Å². The van der Waals surface area contributed by atoms with Crippen molar-refractivity contribution in [2.75, 3.05) is 18.5 Å². The number of ketones is 1. The number of carbonyl (C=O) groups is 1. The van der Waals surface area contributed by atoms with Crippen LogP contribution in [-0.4, -0.2) is 24.4 Å². The molecule has 0 bridgehead atoms. The molecule has 0 fully saturated rings. The van der Waals surface area contributed by atoms with Crippen molar-refractivity contribution < 1.29 is 4.79 Å². The summed E-state index contributed by atoms with van der Waals surface area (Å²) in [4.78, 5) is 18.3. The molecule has 3 nitrogen and oxygen atoms in total. The van der Waals surface area contributed by atoms with Gasteiger partial charge in [-0.05, 0) is 13.8 Å². The van der Waals surface area contributed by atoms with Gasteiger partial charge in [-0.2, -0.15) is 0 Å². The van der Waals surface area contributed by atoms with Crippen molar-refractivity contribution in [2.45, 2.75) is 20.8 Å². The average Bonchev–Trinajstić information content (AvgIpc) is 2.46. The average molecular weight is 198 g/mol. The quantitative estimate of drug-likeness (QED) is 0.697. The summed E-state index contributed by atoms with van der Waals surface area (Å²) in [7, 11) is 1.97. The number of rotatable bonds is 3. The summed E-state index contributed by atoms with van der Waals surface area (Å²) in [6, 6.07) is 0. The standard InChI is InChI=1S/C9H14N2OS/c1-5-11(4)9-10-6(2)8(13-9)7(3)12/h5H2,1-4H3. The van der Waals surface area contributed by atoms with Gasteiger partial charge >= 0.3 is 0 Å². The summed E-state index contributed by atoms with van der Waals surface area (Å²) in [5.74, 6) is 0.103. The maximum atomic E-state index is 11.1. The van der Waals surface area contributed by atoms with Gasteiger partial charge in [-0.25, -0.2) is 4.98 Å². The lowest BCUT2D eigenvalue weighted by Gasteiger charge is -2.10. The first-order chi connectivity index (χ1) is 6.06. The van der Waals surface area contributed by atoms with E-state index in [2.05, 4.69) is 11.9 Å². The number of carbonyl (C=O) groups excluding carboxylic acids is 1. The van der Waals surface area contributed by atoms with Crippen LogP contribution in [0.2, 0.25) is 0 Å². The van der Waals surface area contributed by atoms with Crippen molar-refractivity contribution in [1.29, 1.82) is 0 Å². The van der Waals surface area contributed by atoms with Gasteiger partial charge in [0.2, 0.25) is 0 Å². The summed E-state index contributed by atoms with van der Waals surface area (Å²) in [5.41, 5.74) is 0.841. The highest BCUT2D eigenvalue weighted by Crippen LogP contribution is 2.25. The van der Waals surface area contributed by atoms with Gasteiger partial charge in [0.25, 0.3) is 0 Å². The molecule has 0 aromatic carbocycles. The van der Waals surface area contributed by atoms with Gasteiger partial charge in [0.1, 0.15) is 0 Å². The van der Waals surface area contributed by atoms with E-state index in [-0.39, 0.29) is 5.78 Å². The molecule has 1 aromatic rings. The maximum absolute atomic E-state index is 11.1. The van der Waals surface area contributed by atoms with Crippen molar-refractivity contribution in [3.8, 4) is 0 Å². The van der Waals surface area contributed by atoms with Crippen molar-refractivity contribution in [3.05, 3.63) is 10.6 Å². The molecule has 0 radical (unpaired) electrons. The molecule has 1 aromatic heterocycles. The third kappa shape index (κ3) is 2.06. The van der Waals surface area contributed by atoms with Crippen LogP contribution in [0, 0.1) is 6.92 Å². The molecule has 0 atom stereocenters. The van der Waals surface area contributed by atoms with E-state index in [1.165, 1.54) is 11.3 Å². The summed E-state index contributed by atoms with van der Waals surface area (Å²) in [6.07, 6.45) is 0. The minimum atomic E-state index is 0.103. The lowest BCUT2D eigenvalue weighted by atomic mass is 10.3. The molecule has 4 heteroatoms. The predicted molar refractivity (Wildman–Crippen MR) is 55.8 cm³/mol. The van der Waals surface area contributed by atoms with Gasteiger partial charge in [0, 0.05) is 20.5 Å². The first-order valence-corrected chi connectivity index (χ1v) is 5.07. The number of thiazole rings is 1. The number of anilines is 1. The zero-order valence-corrected chi connectivity index (χ0v) is 9.23. The van der Waals surface area contributed by atoms with Crippen molar-refractivity contribution in [2.24, 2.45) is 0 Å². The monoisotopic (exact) mass is 198 g/mol. The van der Waals surface area contributed by atoms with Crippen LogP contribution in [0.15, 0.2) is 0 Å². The Morgan fingerprint density at radius 3 is 2.62 bits per heavy atom. The summed E-state index contributed by atoms with van der Waals surface area (Å²) < 4.78 is 0. The molecule has 0 amide bonds. The normalized spacial score (nSPS) is 10.2. The highest BCUT2D eigenvalue weighted by atomic mass is 32.1. The molecule has 0 saturated carbocycles. The first kappa shape index (κ1) is 10.2. The number of aromatic nitrogens is 1. The van der Waals surface area contributed by atoms with Gasteiger partial charge in [-0.3, -0.25) is 4.79 Å². The Labute approximate surface area is 82.4 Å². The maximum Gasteiger partial charge on any atom is 0.185 e. The Morgan fingerprint density at radius 1 is 1.62 bits per heavy atom. The molecule has 13 heavy (non-hydrogen) atoms. The van der Waals surface area contributed by atoms with E-state index in [4.69, 9.17) is 0 Å².